The first-order valence-corrected chi connectivity index (χ1v) is 7.26. The molecule has 0 fully saturated rings. The van der Waals surface area contributed by atoms with Crippen molar-refractivity contribution in [2.75, 3.05) is 13.2 Å². The molecule has 2 aromatic rings. The van der Waals surface area contributed by atoms with Gasteiger partial charge in [0.1, 0.15) is 11.6 Å². The van der Waals surface area contributed by atoms with Crippen LogP contribution in [0.3, 0.4) is 0 Å². The fourth-order valence-electron chi connectivity index (χ4n) is 2.07. The molecule has 1 N–H and O–H groups in total. The summed E-state index contributed by atoms with van der Waals surface area (Å²) >= 11 is 0. The fraction of sp³-hybridized carbons (Fsp3) is 0.278. The SMILES string of the molecule is Cc1cccc(OCC(=O)NCCc2ccc(F)cc2)c1C. The summed E-state index contributed by atoms with van der Waals surface area (Å²) in [5.74, 6) is 0.311. The van der Waals surface area contributed by atoms with Crippen molar-refractivity contribution >= 4 is 5.91 Å². The highest BCUT2D eigenvalue weighted by atomic mass is 19.1. The van der Waals surface area contributed by atoms with E-state index in [1.165, 1.54) is 12.1 Å². The molecule has 0 aliphatic rings. The molecule has 116 valence electrons. The summed E-state index contributed by atoms with van der Waals surface area (Å²) in [6, 6.07) is 12.0. The van der Waals surface area contributed by atoms with E-state index in [4.69, 9.17) is 4.74 Å². The van der Waals surface area contributed by atoms with Crippen LogP contribution in [-0.4, -0.2) is 19.1 Å². The number of aryl methyl sites for hydroxylation is 1. The first-order chi connectivity index (χ1) is 10.6. The van der Waals surface area contributed by atoms with Crippen LogP contribution in [0.5, 0.6) is 5.75 Å². The molecule has 3 nitrogen and oxygen atoms in total. The average Bonchev–Trinajstić information content (AvgIpc) is 2.51. The van der Waals surface area contributed by atoms with Crippen LogP contribution in [0.4, 0.5) is 4.39 Å². The number of halogens is 1. The second-order valence-corrected chi connectivity index (χ2v) is 5.21. The lowest BCUT2D eigenvalue weighted by Gasteiger charge is -2.11. The molecule has 0 saturated carbocycles. The van der Waals surface area contributed by atoms with Crippen LogP contribution in [0.1, 0.15) is 16.7 Å². The predicted molar refractivity (Wildman–Crippen MR) is 84.5 cm³/mol. The van der Waals surface area contributed by atoms with Crippen molar-refractivity contribution in [1.82, 2.24) is 5.32 Å². The highest BCUT2D eigenvalue weighted by Crippen LogP contribution is 2.20. The lowest BCUT2D eigenvalue weighted by molar-refractivity contribution is -0.123. The molecule has 2 aromatic carbocycles. The van der Waals surface area contributed by atoms with Crippen LogP contribution >= 0.6 is 0 Å². The molecule has 0 saturated heterocycles. The van der Waals surface area contributed by atoms with Gasteiger partial charge in [0.15, 0.2) is 6.61 Å². The third-order valence-corrected chi connectivity index (χ3v) is 3.56. The number of benzene rings is 2. The van der Waals surface area contributed by atoms with Gasteiger partial charge in [0.2, 0.25) is 0 Å². The standard InChI is InChI=1S/C18H20FNO2/c1-13-4-3-5-17(14(13)2)22-12-18(21)20-11-10-15-6-8-16(19)9-7-15/h3-9H,10-12H2,1-2H3,(H,20,21). The van der Waals surface area contributed by atoms with Crippen LogP contribution < -0.4 is 10.1 Å². The van der Waals surface area contributed by atoms with Crippen LogP contribution in [0.25, 0.3) is 0 Å². The van der Waals surface area contributed by atoms with Gasteiger partial charge in [0.25, 0.3) is 5.91 Å². The molecular formula is C18H20FNO2. The van der Waals surface area contributed by atoms with E-state index in [2.05, 4.69) is 5.32 Å². The van der Waals surface area contributed by atoms with Gasteiger partial charge in [-0.05, 0) is 55.2 Å². The molecule has 22 heavy (non-hydrogen) atoms. The average molecular weight is 301 g/mol. The molecule has 1 amide bonds. The summed E-state index contributed by atoms with van der Waals surface area (Å²) < 4.78 is 18.3. The Morgan fingerprint density at radius 2 is 1.86 bits per heavy atom. The van der Waals surface area contributed by atoms with Gasteiger partial charge >= 0.3 is 0 Å². The monoisotopic (exact) mass is 301 g/mol. The van der Waals surface area contributed by atoms with Gasteiger partial charge in [-0.2, -0.15) is 0 Å². The van der Waals surface area contributed by atoms with Gasteiger partial charge in [-0.1, -0.05) is 24.3 Å². The zero-order chi connectivity index (χ0) is 15.9. The van der Waals surface area contributed by atoms with Gasteiger partial charge in [0, 0.05) is 6.54 Å². The molecule has 0 aromatic heterocycles. The van der Waals surface area contributed by atoms with Gasteiger partial charge < -0.3 is 10.1 Å². The minimum Gasteiger partial charge on any atom is -0.483 e. The second kappa shape index (κ2) is 7.59. The number of ether oxygens (including phenoxy) is 1. The normalized spacial score (nSPS) is 10.3. The van der Waals surface area contributed by atoms with E-state index in [9.17, 15) is 9.18 Å². The Hall–Kier alpha value is -2.36. The Balaban J connectivity index is 1.74. The van der Waals surface area contributed by atoms with Crippen LogP contribution in [0, 0.1) is 19.7 Å². The molecule has 0 spiro atoms. The second-order valence-electron chi connectivity index (χ2n) is 5.21. The molecule has 0 aliphatic heterocycles. The molecule has 0 atom stereocenters. The summed E-state index contributed by atoms with van der Waals surface area (Å²) in [5.41, 5.74) is 3.16. The molecule has 4 heteroatoms. The molecule has 0 unspecified atom stereocenters. The third kappa shape index (κ3) is 4.58. The third-order valence-electron chi connectivity index (χ3n) is 3.56. The topological polar surface area (TPSA) is 38.3 Å². The van der Waals surface area contributed by atoms with E-state index >= 15 is 0 Å². The first-order valence-electron chi connectivity index (χ1n) is 7.26. The number of hydrogen-bond acceptors (Lipinski definition) is 2. The highest BCUT2D eigenvalue weighted by molar-refractivity contribution is 5.77. The predicted octanol–water partition coefficient (Wildman–Crippen LogP) is 3.18. The van der Waals surface area contributed by atoms with Crippen molar-refractivity contribution < 1.29 is 13.9 Å². The number of carbonyl (C=O) groups is 1. The summed E-state index contributed by atoms with van der Waals surface area (Å²) in [5, 5.41) is 2.79. The van der Waals surface area contributed by atoms with Crippen molar-refractivity contribution in [3.05, 3.63) is 65.0 Å². The van der Waals surface area contributed by atoms with Gasteiger partial charge in [-0.3, -0.25) is 4.79 Å². The highest BCUT2D eigenvalue weighted by Gasteiger charge is 2.05. The Bertz CT molecular complexity index is 638. The summed E-state index contributed by atoms with van der Waals surface area (Å²) in [7, 11) is 0. The van der Waals surface area contributed by atoms with Crippen LogP contribution in [0.2, 0.25) is 0 Å². The number of rotatable bonds is 6. The van der Waals surface area contributed by atoms with Gasteiger partial charge in [-0.25, -0.2) is 4.39 Å². The van der Waals surface area contributed by atoms with E-state index in [1.54, 1.807) is 12.1 Å². The quantitative estimate of drug-likeness (QED) is 0.890. The minimum absolute atomic E-state index is 0.00624. The Morgan fingerprint density at radius 1 is 1.14 bits per heavy atom. The maximum absolute atomic E-state index is 12.8. The number of carbonyl (C=O) groups excluding carboxylic acids is 1. The zero-order valence-corrected chi connectivity index (χ0v) is 12.9. The lowest BCUT2D eigenvalue weighted by atomic mass is 10.1. The Labute approximate surface area is 130 Å². The van der Waals surface area contributed by atoms with Gasteiger partial charge in [-0.15, -0.1) is 0 Å². The Morgan fingerprint density at radius 3 is 2.59 bits per heavy atom. The summed E-state index contributed by atoms with van der Waals surface area (Å²) in [4.78, 5) is 11.8. The van der Waals surface area contributed by atoms with Crippen molar-refractivity contribution in [1.29, 1.82) is 0 Å². The largest absolute Gasteiger partial charge is 0.483 e. The van der Waals surface area contributed by atoms with Crippen LogP contribution in [-0.2, 0) is 11.2 Å². The smallest absolute Gasteiger partial charge is 0.257 e. The maximum Gasteiger partial charge on any atom is 0.257 e. The maximum atomic E-state index is 12.8. The van der Waals surface area contributed by atoms with Crippen molar-refractivity contribution in [2.45, 2.75) is 20.3 Å². The summed E-state index contributed by atoms with van der Waals surface area (Å²) in [6.45, 7) is 4.47. The van der Waals surface area contributed by atoms with E-state index in [-0.39, 0.29) is 18.3 Å². The minimum atomic E-state index is -0.255. The molecule has 0 heterocycles. The molecule has 0 aliphatic carbocycles. The Kier molecular flexibility index (Phi) is 5.53. The number of hydrogen-bond donors (Lipinski definition) is 1. The molecule has 0 bridgehead atoms. The zero-order valence-electron chi connectivity index (χ0n) is 12.9. The van der Waals surface area contributed by atoms with Crippen molar-refractivity contribution in [3.63, 3.8) is 0 Å². The van der Waals surface area contributed by atoms with E-state index in [1.807, 2.05) is 32.0 Å². The molecular weight excluding hydrogens is 281 g/mol. The first kappa shape index (κ1) is 16.0. The van der Waals surface area contributed by atoms with E-state index in [0.29, 0.717) is 13.0 Å². The van der Waals surface area contributed by atoms with E-state index < -0.39 is 0 Å². The van der Waals surface area contributed by atoms with Crippen molar-refractivity contribution in [3.8, 4) is 5.75 Å². The van der Waals surface area contributed by atoms with Gasteiger partial charge in [0.05, 0.1) is 0 Å². The molecule has 2 rings (SSSR count). The van der Waals surface area contributed by atoms with Crippen LogP contribution in [0.15, 0.2) is 42.5 Å². The van der Waals surface area contributed by atoms with E-state index in [0.717, 1.165) is 22.4 Å². The number of amides is 1. The fourth-order valence-corrected chi connectivity index (χ4v) is 2.07. The lowest BCUT2D eigenvalue weighted by Crippen LogP contribution is -2.30. The number of nitrogens with one attached hydrogen (secondary N) is 1. The molecule has 0 radical (unpaired) electrons. The van der Waals surface area contributed by atoms with Crippen molar-refractivity contribution in [2.24, 2.45) is 0 Å². The summed E-state index contributed by atoms with van der Waals surface area (Å²) in [6.07, 6.45) is 0.662.